The fourth-order valence-corrected chi connectivity index (χ4v) is 1.57. The first kappa shape index (κ1) is 16.6. The average molecular weight is 282 g/mol. The standard InChI is InChI=1S/C15H22O5/c1-17-7-4-8-19-9-10-20-12-15(16)13-5-3-6-14(11-13)18-2/h3,5-6,11H,4,7-10,12H2,1-2H3. The van der Waals surface area contributed by atoms with Crippen LogP contribution in [0.15, 0.2) is 24.3 Å². The van der Waals surface area contributed by atoms with Gasteiger partial charge in [0.05, 0.1) is 20.3 Å². The van der Waals surface area contributed by atoms with Crippen LogP contribution in [0.1, 0.15) is 16.8 Å². The van der Waals surface area contributed by atoms with Crippen LogP contribution in [0.5, 0.6) is 5.75 Å². The molecule has 20 heavy (non-hydrogen) atoms. The van der Waals surface area contributed by atoms with E-state index in [0.29, 0.717) is 37.7 Å². The van der Waals surface area contributed by atoms with Gasteiger partial charge in [-0.3, -0.25) is 4.79 Å². The summed E-state index contributed by atoms with van der Waals surface area (Å²) in [5.41, 5.74) is 0.588. The first-order chi connectivity index (χ1) is 9.77. The number of methoxy groups -OCH3 is 2. The Morgan fingerprint density at radius 3 is 2.60 bits per heavy atom. The third-order valence-corrected chi connectivity index (χ3v) is 2.63. The van der Waals surface area contributed by atoms with E-state index in [1.807, 2.05) is 0 Å². The maximum absolute atomic E-state index is 11.8. The van der Waals surface area contributed by atoms with E-state index >= 15 is 0 Å². The molecular weight excluding hydrogens is 260 g/mol. The SMILES string of the molecule is COCCCOCCOCC(=O)c1cccc(OC)c1. The van der Waals surface area contributed by atoms with Crippen molar-refractivity contribution in [3.63, 3.8) is 0 Å². The van der Waals surface area contributed by atoms with Gasteiger partial charge in [0.15, 0.2) is 5.78 Å². The van der Waals surface area contributed by atoms with Crippen molar-refractivity contribution in [2.75, 3.05) is 47.3 Å². The van der Waals surface area contributed by atoms with Crippen molar-refractivity contribution in [3.05, 3.63) is 29.8 Å². The lowest BCUT2D eigenvalue weighted by Crippen LogP contribution is -2.13. The number of ether oxygens (including phenoxy) is 4. The van der Waals surface area contributed by atoms with Crippen LogP contribution in [0.4, 0.5) is 0 Å². The van der Waals surface area contributed by atoms with Crippen LogP contribution in [0.3, 0.4) is 0 Å². The predicted molar refractivity (Wildman–Crippen MR) is 75.5 cm³/mol. The maximum Gasteiger partial charge on any atom is 0.188 e. The lowest BCUT2D eigenvalue weighted by molar-refractivity contribution is 0.0382. The summed E-state index contributed by atoms with van der Waals surface area (Å²) in [7, 11) is 3.23. The Balaban J connectivity index is 2.13. The fourth-order valence-electron chi connectivity index (χ4n) is 1.57. The fraction of sp³-hybridized carbons (Fsp3) is 0.533. The van der Waals surface area contributed by atoms with Crippen molar-refractivity contribution in [3.8, 4) is 5.75 Å². The van der Waals surface area contributed by atoms with Crippen LogP contribution in [0.2, 0.25) is 0 Å². The number of rotatable bonds is 11. The Morgan fingerprint density at radius 1 is 1.05 bits per heavy atom. The van der Waals surface area contributed by atoms with Gasteiger partial charge in [0.2, 0.25) is 0 Å². The van der Waals surface area contributed by atoms with E-state index in [2.05, 4.69) is 0 Å². The Bertz CT molecular complexity index is 392. The number of carbonyl (C=O) groups is 1. The summed E-state index contributed by atoms with van der Waals surface area (Å²) < 4.78 is 20.6. The van der Waals surface area contributed by atoms with Crippen molar-refractivity contribution in [1.82, 2.24) is 0 Å². The molecule has 0 saturated heterocycles. The van der Waals surface area contributed by atoms with Crippen molar-refractivity contribution in [2.45, 2.75) is 6.42 Å². The zero-order chi connectivity index (χ0) is 14.6. The summed E-state index contributed by atoms with van der Waals surface area (Å²) in [5, 5.41) is 0. The molecule has 0 aliphatic heterocycles. The molecule has 0 unspecified atom stereocenters. The van der Waals surface area contributed by atoms with Crippen LogP contribution >= 0.6 is 0 Å². The van der Waals surface area contributed by atoms with Gasteiger partial charge < -0.3 is 18.9 Å². The normalized spacial score (nSPS) is 10.5. The van der Waals surface area contributed by atoms with E-state index in [9.17, 15) is 4.79 Å². The van der Waals surface area contributed by atoms with Crippen LogP contribution in [0.25, 0.3) is 0 Å². The second-order valence-electron chi connectivity index (χ2n) is 4.17. The summed E-state index contributed by atoms with van der Waals surface area (Å²) in [6.45, 7) is 2.27. The number of carbonyl (C=O) groups excluding carboxylic acids is 1. The summed E-state index contributed by atoms with van der Waals surface area (Å²) >= 11 is 0. The highest BCUT2D eigenvalue weighted by atomic mass is 16.5. The van der Waals surface area contributed by atoms with Crippen LogP contribution in [-0.4, -0.2) is 53.0 Å². The van der Waals surface area contributed by atoms with Gasteiger partial charge in [-0.25, -0.2) is 0 Å². The van der Waals surface area contributed by atoms with E-state index in [1.165, 1.54) is 0 Å². The minimum Gasteiger partial charge on any atom is -0.497 e. The highest BCUT2D eigenvalue weighted by molar-refractivity contribution is 5.97. The van der Waals surface area contributed by atoms with E-state index in [4.69, 9.17) is 18.9 Å². The zero-order valence-corrected chi connectivity index (χ0v) is 12.1. The van der Waals surface area contributed by atoms with Crippen molar-refractivity contribution < 1.29 is 23.7 Å². The van der Waals surface area contributed by atoms with Gasteiger partial charge in [-0.1, -0.05) is 12.1 Å². The summed E-state index contributed by atoms with van der Waals surface area (Å²) in [6.07, 6.45) is 0.860. The molecule has 1 rings (SSSR count). The quantitative estimate of drug-likeness (QED) is 0.458. The van der Waals surface area contributed by atoms with Crippen LogP contribution in [-0.2, 0) is 14.2 Å². The highest BCUT2D eigenvalue weighted by Gasteiger charge is 2.06. The molecule has 5 nitrogen and oxygen atoms in total. The van der Waals surface area contributed by atoms with E-state index < -0.39 is 0 Å². The van der Waals surface area contributed by atoms with E-state index in [1.54, 1.807) is 38.5 Å². The second kappa shape index (κ2) is 10.4. The van der Waals surface area contributed by atoms with Crippen LogP contribution in [0, 0.1) is 0 Å². The molecule has 0 amide bonds. The number of Topliss-reactive ketones (excluding diaryl/α,β-unsaturated/α-hetero) is 1. The molecule has 0 saturated carbocycles. The van der Waals surface area contributed by atoms with Gasteiger partial charge >= 0.3 is 0 Å². The number of ketones is 1. The van der Waals surface area contributed by atoms with Crippen molar-refractivity contribution in [2.24, 2.45) is 0 Å². The maximum atomic E-state index is 11.8. The van der Waals surface area contributed by atoms with Gasteiger partial charge in [0.25, 0.3) is 0 Å². The lowest BCUT2D eigenvalue weighted by Gasteiger charge is -2.06. The molecular formula is C15H22O5. The third-order valence-electron chi connectivity index (χ3n) is 2.63. The van der Waals surface area contributed by atoms with Gasteiger partial charge in [-0.2, -0.15) is 0 Å². The van der Waals surface area contributed by atoms with Gasteiger partial charge in [0.1, 0.15) is 12.4 Å². The Morgan fingerprint density at radius 2 is 1.85 bits per heavy atom. The van der Waals surface area contributed by atoms with Gasteiger partial charge in [-0.15, -0.1) is 0 Å². The monoisotopic (exact) mass is 282 g/mol. The Labute approximate surface area is 119 Å². The minimum absolute atomic E-state index is 0.0502. The molecule has 0 aliphatic carbocycles. The molecule has 0 aliphatic rings. The first-order valence-corrected chi connectivity index (χ1v) is 6.59. The molecule has 112 valence electrons. The minimum atomic E-state index is -0.0664. The molecule has 0 atom stereocenters. The zero-order valence-electron chi connectivity index (χ0n) is 12.1. The predicted octanol–water partition coefficient (Wildman–Crippen LogP) is 1.95. The van der Waals surface area contributed by atoms with E-state index in [0.717, 1.165) is 6.42 Å². The molecule has 0 fully saturated rings. The van der Waals surface area contributed by atoms with Gasteiger partial charge in [-0.05, 0) is 18.6 Å². The summed E-state index contributed by atoms with van der Waals surface area (Å²) in [5.74, 6) is 0.598. The van der Waals surface area contributed by atoms with E-state index in [-0.39, 0.29) is 12.4 Å². The molecule has 0 radical (unpaired) electrons. The molecule has 0 aromatic heterocycles. The molecule has 5 heteroatoms. The number of hydrogen-bond donors (Lipinski definition) is 0. The molecule has 0 spiro atoms. The number of benzene rings is 1. The summed E-state index contributed by atoms with van der Waals surface area (Å²) in [4.78, 5) is 11.8. The summed E-state index contributed by atoms with van der Waals surface area (Å²) in [6, 6.07) is 7.03. The largest absolute Gasteiger partial charge is 0.497 e. The lowest BCUT2D eigenvalue weighted by atomic mass is 10.1. The molecule has 0 N–H and O–H groups in total. The number of hydrogen-bond acceptors (Lipinski definition) is 5. The topological polar surface area (TPSA) is 54.0 Å². The molecule has 1 aromatic carbocycles. The first-order valence-electron chi connectivity index (χ1n) is 6.59. The second-order valence-corrected chi connectivity index (χ2v) is 4.17. The van der Waals surface area contributed by atoms with Gasteiger partial charge in [0, 0.05) is 25.9 Å². The molecule has 0 bridgehead atoms. The Hall–Kier alpha value is -1.43. The van der Waals surface area contributed by atoms with Crippen LogP contribution < -0.4 is 4.74 Å². The average Bonchev–Trinajstić information content (AvgIpc) is 2.49. The third kappa shape index (κ3) is 6.65. The Kier molecular flexibility index (Phi) is 8.62. The highest BCUT2D eigenvalue weighted by Crippen LogP contribution is 2.12. The van der Waals surface area contributed by atoms with Crippen molar-refractivity contribution >= 4 is 5.78 Å². The molecule has 1 aromatic rings. The van der Waals surface area contributed by atoms with Crippen molar-refractivity contribution in [1.29, 1.82) is 0 Å². The molecule has 0 heterocycles. The smallest absolute Gasteiger partial charge is 0.188 e.